The first-order valence-corrected chi connectivity index (χ1v) is 11.4. The van der Waals surface area contributed by atoms with Gasteiger partial charge in [0, 0.05) is 44.0 Å². The lowest BCUT2D eigenvalue weighted by Gasteiger charge is -2.50. The normalized spacial score (nSPS) is 35.0. The highest BCUT2D eigenvalue weighted by Gasteiger charge is 2.59. The third-order valence-corrected chi connectivity index (χ3v) is 8.70. The zero-order valence-electron chi connectivity index (χ0n) is 17.8. The van der Waals surface area contributed by atoms with Crippen LogP contribution in [0, 0.1) is 33.3 Å². The van der Waals surface area contributed by atoms with Crippen molar-refractivity contribution in [1.82, 2.24) is 4.90 Å². The number of rotatable bonds is 5. The maximum Gasteiger partial charge on any atom is 0.292 e. The van der Waals surface area contributed by atoms with Crippen LogP contribution < -0.4 is 10.2 Å². The Labute approximate surface area is 173 Å². The predicted octanol–water partition coefficient (Wildman–Crippen LogP) is 4.36. The largest absolute Gasteiger partial charge is 0.376 e. The molecule has 1 aromatic rings. The molecule has 158 valence electrons. The number of nitro benzene ring substituents is 1. The number of hydrogen-bond acceptors (Lipinski definition) is 5. The van der Waals surface area contributed by atoms with Gasteiger partial charge in [-0.2, -0.15) is 0 Å². The maximum absolute atomic E-state index is 11.7. The molecule has 29 heavy (non-hydrogen) atoms. The monoisotopic (exact) mass is 398 g/mol. The molecule has 6 heteroatoms. The molecule has 1 aromatic carbocycles. The second-order valence-corrected chi connectivity index (χ2v) is 10.1. The fourth-order valence-electron chi connectivity index (χ4n) is 7.25. The Morgan fingerprint density at radius 2 is 2.03 bits per heavy atom. The van der Waals surface area contributed by atoms with E-state index in [4.69, 9.17) is 0 Å². The number of benzene rings is 1. The van der Waals surface area contributed by atoms with Gasteiger partial charge in [0.05, 0.1) is 4.92 Å². The molecule has 1 saturated heterocycles. The number of anilines is 2. The van der Waals surface area contributed by atoms with E-state index in [1.54, 1.807) is 6.07 Å². The van der Waals surface area contributed by atoms with Crippen LogP contribution in [0.4, 0.5) is 17.1 Å². The molecular formula is C23H34N4O2. The summed E-state index contributed by atoms with van der Waals surface area (Å²) in [7, 11) is 2.15. The number of nitrogens with zero attached hydrogens (tertiary/aromatic N) is 3. The maximum atomic E-state index is 11.7. The van der Waals surface area contributed by atoms with Crippen LogP contribution in [0.25, 0.3) is 0 Å². The van der Waals surface area contributed by atoms with Crippen molar-refractivity contribution >= 4 is 17.1 Å². The molecular weight excluding hydrogens is 364 g/mol. The van der Waals surface area contributed by atoms with Crippen molar-refractivity contribution < 1.29 is 4.92 Å². The molecule has 2 bridgehead atoms. The summed E-state index contributed by atoms with van der Waals surface area (Å²) in [5.41, 5.74) is 2.36. The van der Waals surface area contributed by atoms with Crippen LogP contribution in [-0.4, -0.2) is 49.1 Å². The molecule has 4 aliphatic rings. The molecule has 1 aliphatic heterocycles. The van der Waals surface area contributed by atoms with Crippen LogP contribution in [0.3, 0.4) is 0 Å². The van der Waals surface area contributed by atoms with E-state index in [-0.39, 0.29) is 16.7 Å². The minimum atomic E-state index is -0.231. The van der Waals surface area contributed by atoms with E-state index in [0.29, 0.717) is 11.1 Å². The Hall–Kier alpha value is -1.82. The summed E-state index contributed by atoms with van der Waals surface area (Å²) in [6, 6.07) is 5.93. The summed E-state index contributed by atoms with van der Waals surface area (Å²) in [4.78, 5) is 16.2. The molecule has 6 nitrogen and oxygen atoms in total. The highest BCUT2D eigenvalue weighted by molar-refractivity contribution is 5.69. The molecule has 0 aromatic heterocycles. The molecule has 3 saturated carbocycles. The predicted molar refractivity (Wildman–Crippen MR) is 116 cm³/mol. The first-order valence-electron chi connectivity index (χ1n) is 11.4. The highest BCUT2D eigenvalue weighted by Crippen LogP contribution is 2.66. The van der Waals surface area contributed by atoms with Crippen molar-refractivity contribution in [3.05, 3.63) is 28.3 Å². The molecule has 1 heterocycles. The minimum Gasteiger partial charge on any atom is -0.376 e. The van der Waals surface area contributed by atoms with Gasteiger partial charge in [-0.1, -0.05) is 12.8 Å². The number of hydrogen-bond donors (Lipinski definition) is 1. The third kappa shape index (κ3) is 3.20. The van der Waals surface area contributed by atoms with Crippen molar-refractivity contribution in [3.8, 4) is 0 Å². The highest BCUT2D eigenvalue weighted by atomic mass is 16.6. The van der Waals surface area contributed by atoms with Gasteiger partial charge in [-0.15, -0.1) is 0 Å². The van der Waals surface area contributed by atoms with Crippen molar-refractivity contribution in [2.75, 3.05) is 43.4 Å². The van der Waals surface area contributed by atoms with Gasteiger partial charge in [-0.05, 0) is 75.0 Å². The Kier molecular flexibility index (Phi) is 4.72. The summed E-state index contributed by atoms with van der Waals surface area (Å²) in [6.07, 6.45) is 8.13. The van der Waals surface area contributed by atoms with E-state index in [2.05, 4.69) is 29.1 Å². The van der Waals surface area contributed by atoms with E-state index < -0.39 is 0 Å². The molecule has 0 amide bonds. The summed E-state index contributed by atoms with van der Waals surface area (Å²) in [5, 5.41) is 15.4. The number of nitrogens with one attached hydrogen (secondary N) is 1. The molecule has 3 aliphatic carbocycles. The van der Waals surface area contributed by atoms with Crippen LogP contribution in [0.1, 0.15) is 45.4 Å². The van der Waals surface area contributed by atoms with Gasteiger partial charge < -0.3 is 15.1 Å². The Morgan fingerprint density at radius 1 is 1.24 bits per heavy atom. The standard InChI is InChI=1S/C23H34N4O2/c1-16(23-7-3-4-18-12-17(15-23)13-20(18)23)24-21-14-19(5-6-22(21)27(28)29)26-10-8-25(2)9-11-26/h5-6,14,16-18,20,24H,3-4,7-13,15H2,1-2H3/t16-,17+,18-,20-,23-/m0/s1. The van der Waals surface area contributed by atoms with Gasteiger partial charge in [-0.3, -0.25) is 10.1 Å². The molecule has 0 spiro atoms. The zero-order chi connectivity index (χ0) is 20.2. The topological polar surface area (TPSA) is 61.6 Å². The lowest BCUT2D eigenvalue weighted by atomic mass is 9.58. The van der Waals surface area contributed by atoms with E-state index in [1.165, 1.54) is 38.5 Å². The van der Waals surface area contributed by atoms with Crippen LogP contribution in [0.5, 0.6) is 0 Å². The Balaban J connectivity index is 1.41. The lowest BCUT2D eigenvalue weighted by molar-refractivity contribution is -0.384. The first-order chi connectivity index (χ1) is 14.0. The molecule has 5 atom stereocenters. The first kappa shape index (κ1) is 19.2. The Morgan fingerprint density at radius 3 is 2.76 bits per heavy atom. The SMILES string of the molecule is C[C@H](Nc1cc(N2CCN(C)CC2)ccc1[N+](=O)[O-])[C@@]12CCC[C@H]3C[C@H](C[C@@H]31)C2. The molecule has 0 radical (unpaired) electrons. The molecule has 5 rings (SSSR count). The quantitative estimate of drug-likeness (QED) is 0.590. The van der Waals surface area contributed by atoms with Gasteiger partial charge in [0.25, 0.3) is 5.69 Å². The average Bonchev–Trinajstić information content (AvgIpc) is 3.28. The van der Waals surface area contributed by atoms with Crippen LogP contribution in [0.15, 0.2) is 18.2 Å². The zero-order valence-corrected chi connectivity index (χ0v) is 17.8. The van der Waals surface area contributed by atoms with Gasteiger partial charge in [0.15, 0.2) is 0 Å². The number of likely N-dealkylation sites (N-methyl/N-ethyl adjacent to an activating group) is 1. The van der Waals surface area contributed by atoms with Gasteiger partial charge in [0.1, 0.15) is 5.69 Å². The second kappa shape index (κ2) is 7.15. The van der Waals surface area contributed by atoms with Crippen molar-refractivity contribution in [3.63, 3.8) is 0 Å². The van der Waals surface area contributed by atoms with Crippen LogP contribution >= 0.6 is 0 Å². The summed E-state index contributed by atoms with van der Waals surface area (Å²) >= 11 is 0. The number of nitro groups is 1. The third-order valence-electron chi connectivity index (χ3n) is 8.70. The Bertz CT molecular complexity index is 791. The van der Waals surface area contributed by atoms with E-state index in [0.717, 1.165) is 49.6 Å². The van der Waals surface area contributed by atoms with Crippen molar-refractivity contribution in [2.45, 2.75) is 51.5 Å². The minimum absolute atomic E-state index is 0.210. The molecule has 0 unspecified atom stereocenters. The van der Waals surface area contributed by atoms with Crippen LogP contribution in [-0.2, 0) is 0 Å². The number of piperazine rings is 1. The summed E-state index contributed by atoms with van der Waals surface area (Å²) in [5.74, 6) is 2.61. The van der Waals surface area contributed by atoms with E-state index in [1.807, 2.05) is 12.1 Å². The molecule has 4 fully saturated rings. The number of fused-ring (bicyclic) bond motifs is 1. The van der Waals surface area contributed by atoms with Gasteiger partial charge in [0.2, 0.25) is 0 Å². The smallest absolute Gasteiger partial charge is 0.292 e. The van der Waals surface area contributed by atoms with E-state index in [9.17, 15) is 10.1 Å². The average molecular weight is 399 g/mol. The molecule has 1 N–H and O–H groups in total. The lowest BCUT2D eigenvalue weighted by Crippen LogP contribution is -2.47. The van der Waals surface area contributed by atoms with Gasteiger partial charge in [-0.25, -0.2) is 0 Å². The second-order valence-electron chi connectivity index (χ2n) is 10.1. The fraction of sp³-hybridized carbons (Fsp3) is 0.739. The fourth-order valence-corrected chi connectivity index (χ4v) is 7.25. The summed E-state index contributed by atoms with van der Waals surface area (Å²) < 4.78 is 0. The van der Waals surface area contributed by atoms with Crippen LogP contribution in [0.2, 0.25) is 0 Å². The summed E-state index contributed by atoms with van der Waals surface area (Å²) in [6.45, 7) is 6.29. The van der Waals surface area contributed by atoms with Crippen molar-refractivity contribution in [2.24, 2.45) is 23.2 Å². The van der Waals surface area contributed by atoms with Gasteiger partial charge >= 0.3 is 0 Å². The van der Waals surface area contributed by atoms with E-state index >= 15 is 0 Å². The van der Waals surface area contributed by atoms with Crippen molar-refractivity contribution in [1.29, 1.82) is 0 Å².